The van der Waals surface area contributed by atoms with Crippen molar-refractivity contribution in [2.75, 3.05) is 5.73 Å². The Labute approximate surface area is 126 Å². The van der Waals surface area contributed by atoms with E-state index < -0.39 is 0 Å². The highest BCUT2D eigenvalue weighted by Crippen LogP contribution is 2.30. The van der Waals surface area contributed by atoms with Crippen LogP contribution in [0.4, 0.5) is 10.2 Å². The van der Waals surface area contributed by atoms with E-state index in [1.807, 2.05) is 35.8 Å². The average molecular weight is 292 g/mol. The Kier molecular flexibility index (Phi) is 2.63. The molecular weight excluding hydrogens is 279 g/mol. The Hall–Kier alpha value is -2.95. The molecule has 0 aliphatic rings. The van der Waals surface area contributed by atoms with Crippen molar-refractivity contribution in [3.05, 3.63) is 60.2 Å². The van der Waals surface area contributed by atoms with Crippen LogP contribution in [0, 0.1) is 12.7 Å². The molecule has 0 aliphatic heterocycles. The molecule has 4 nitrogen and oxygen atoms in total. The van der Waals surface area contributed by atoms with Crippen LogP contribution in [0.2, 0.25) is 0 Å². The Bertz CT molecular complexity index is 1000. The second-order valence-corrected chi connectivity index (χ2v) is 5.18. The molecule has 0 fully saturated rings. The first kappa shape index (κ1) is 12.8. The molecule has 5 heteroatoms. The fourth-order valence-corrected chi connectivity index (χ4v) is 2.82. The number of halogens is 1. The van der Waals surface area contributed by atoms with Crippen molar-refractivity contribution < 1.29 is 4.39 Å². The maximum absolute atomic E-state index is 13.2. The van der Waals surface area contributed by atoms with Gasteiger partial charge >= 0.3 is 0 Å². The van der Waals surface area contributed by atoms with E-state index in [1.165, 1.54) is 12.1 Å². The van der Waals surface area contributed by atoms with Crippen LogP contribution in [-0.2, 0) is 0 Å². The van der Waals surface area contributed by atoms with E-state index in [0.717, 1.165) is 27.9 Å². The average Bonchev–Trinajstić information content (AvgIpc) is 2.86. The summed E-state index contributed by atoms with van der Waals surface area (Å²) in [7, 11) is 0. The molecule has 4 rings (SSSR count). The summed E-state index contributed by atoms with van der Waals surface area (Å²) in [5, 5.41) is 0.969. The number of aromatic nitrogens is 3. The molecule has 0 bridgehead atoms. The summed E-state index contributed by atoms with van der Waals surface area (Å²) in [6, 6.07) is 14.1. The van der Waals surface area contributed by atoms with Gasteiger partial charge in [0.15, 0.2) is 5.82 Å². The summed E-state index contributed by atoms with van der Waals surface area (Å²) < 4.78 is 15.2. The van der Waals surface area contributed by atoms with Gasteiger partial charge in [-0.3, -0.25) is 4.57 Å². The van der Waals surface area contributed by atoms with Gasteiger partial charge in [0.05, 0.1) is 11.0 Å². The summed E-state index contributed by atoms with van der Waals surface area (Å²) in [6.45, 7) is 1.90. The van der Waals surface area contributed by atoms with Crippen molar-refractivity contribution >= 4 is 27.8 Å². The number of aryl methyl sites for hydroxylation is 1. The second kappa shape index (κ2) is 4.53. The number of nitrogen functional groups attached to an aromatic ring is 1. The summed E-state index contributed by atoms with van der Waals surface area (Å²) in [4.78, 5) is 8.95. The van der Waals surface area contributed by atoms with Crippen LogP contribution in [0.3, 0.4) is 0 Å². The molecule has 0 saturated heterocycles. The molecule has 0 unspecified atom stereocenters. The lowest BCUT2D eigenvalue weighted by Crippen LogP contribution is -1.98. The van der Waals surface area contributed by atoms with Gasteiger partial charge in [0.25, 0.3) is 0 Å². The third kappa shape index (κ3) is 1.75. The second-order valence-electron chi connectivity index (χ2n) is 5.18. The highest BCUT2D eigenvalue weighted by atomic mass is 19.1. The third-order valence-electron chi connectivity index (χ3n) is 3.77. The summed E-state index contributed by atoms with van der Waals surface area (Å²) in [5.74, 6) is 0.918. The smallest absolute Gasteiger partial charge is 0.152 e. The Balaban J connectivity index is 2.18. The van der Waals surface area contributed by atoms with Gasteiger partial charge in [-0.25, -0.2) is 14.4 Å². The molecule has 0 aliphatic carbocycles. The van der Waals surface area contributed by atoms with Crippen LogP contribution in [-0.4, -0.2) is 14.5 Å². The molecule has 22 heavy (non-hydrogen) atoms. The number of anilines is 1. The zero-order chi connectivity index (χ0) is 15.3. The lowest BCUT2D eigenvalue weighted by atomic mass is 10.2. The molecule has 0 atom stereocenters. The molecule has 0 amide bonds. The lowest BCUT2D eigenvalue weighted by Gasteiger charge is -2.09. The van der Waals surface area contributed by atoms with Crippen LogP contribution in [0.25, 0.3) is 27.6 Å². The minimum Gasteiger partial charge on any atom is -0.382 e. The van der Waals surface area contributed by atoms with Gasteiger partial charge in [0.1, 0.15) is 17.2 Å². The van der Waals surface area contributed by atoms with Gasteiger partial charge < -0.3 is 5.73 Å². The van der Waals surface area contributed by atoms with E-state index in [1.54, 1.807) is 12.1 Å². The van der Waals surface area contributed by atoms with Gasteiger partial charge in [-0.2, -0.15) is 0 Å². The molecule has 0 spiro atoms. The number of nitrogens with zero attached hydrogens (tertiary/aromatic N) is 3. The number of fused-ring (bicyclic) bond motifs is 3. The largest absolute Gasteiger partial charge is 0.382 e. The third-order valence-corrected chi connectivity index (χ3v) is 3.77. The van der Waals surface area contributed by atoms with E-state index in [2.05, 4.69) is 9.97 Å². The molecule has 108 valence electrons. The van der Waals surface area contributed by atoms with Crippen LogP contribution in [0.5, 0.6) is 0 Å². The normalized spacial score (nSPS) is 11.4. The first-order valence-corrected chi connectivity index (χ1v) is 6.94. The number of pyridine rings is 1. The van der Waals surface area contributed by atoms with Crippen LogP contribution >= 0.6 is 0 Å². The standard InChI is InChI=1S/C17H13FN4/c1-10-20-15-16(22(10)12-8-6-11(18)7-9-12)13-4-2-3-5-14(13)21-17(15)19/h2-9H,1H3,(H2,19,21). The van der Waals surface area contributed by atoms with Crippen molar-refractivity contribution in [1.82, 2.24) is 14.5 Å². The van der Waals surface area contributed by atoms with Crippen molar-refractivity contribution in [2.24, 2.45) is 0 Å². The SMILES string of the molecule is Cc1nc2c(N)nc3ccccc3c2n1-c1ccc(F)cc1. The van der Waals surface area contributed by atoms with Gasteiger partial charge in [-0.15, -0.1) is 0 Å². The number of para-hydroxylation sites is 1. The Morgan fingerprint density at radius 2 is 1.73 bits per heavy atom. The zero-order valence-electron chi connectivity index (χ0n) is 11.9. The molecule has 2 N–H and O–H groups in total. The van der Waals surface area contributed by atoms with E-state index in [9.17, 15) is 4.39 Å². The number of rotatable bonds is 1. The van der Waals surface area contributed by atoms with Gasteiger partial charge in [0, 0.05) is 11.1 Å². The van der Waals surface area contributed by atoms with Crippen LogP contribution in [0.1, 0.15) is 5.82 Å². The fraction of sp³-hybridized carbons (Fsp3) is 0.0588. The first-order chi connectivity index (χ1) is 10.6. The molecule has 2 aromatic heterocycles. The first-order valence-electron chi connectivity index (χ1n) is 6.94. The van der Waals surface area contributed by atoms with Crippen molar-refractivity contribution in [3.8, 4) is 5.69 Å². The van der Waals surface area contributed by atoms with Crippen molar-refractivity contribution in [2.45, 2.75) is 6.92 Å². The van der Waals surface area contributed by atoms with E-state index in [-0.39, 0.29) is 5.82 Å². The van der Waals surface area contributed by atoms with Crippen molar-refractivity contribution in [3.63, 3.8) is 0 Å². The lowest BCUT2D eigenvalue weighted by molar-refractivity contribution is 0.627. The summed E-state index contributed by atoms with van der Waals surface area (Å²) in [5.41, 5.74) is 9.28. The zero-order valence-corrected chi connectivity index (χ0v) is 11.9. The van der Waals surface area contributed by atoms with Gasteiger partial charge in [-0.05, 0) is 37.3 Å². The minimum atomic E-state index is -0.267. The monoisotopic (exact) mass is 292 g/mol. The number of imidazole rings is 1. The maximum atomic E-state index is 13.2. The molecule has 0 radical (unpaired) electrons. The highest BCUT2D eigenvalue weighted by Gasteiger charge is 2.16. The quantitative estimate of drug-likeness (QED) is 0.583. The van der Waals surface area contributed by atoms with Gasteiger partial charge in [0.2, 0.25) is 0 Å². The number of benzene rings is 2. The molecular formula is C17H13FN4. The Morgan fingerprint density at radius 3 is 2.50 bits per heavy atom. The van der Waals surface area contributed by atoms with E-state index in [4.69, 9.17) is 5.73 Å². The number of hydrogen-bond acceptors (Lipinski definition) is 3. The minimum absolute atomic E-state index is 0.267. The topological polar surface area (TPSA) is 56.7 Å². The number of nitrogens with two attached hydrogens (primary N) is 1. The summed E-state index contributed by atoms with van der Waals surface area (Å²) in [6.07, 6.45) is 0. The number of hydrogen-bond donors (Lipinski definition) is 1. The van der Waals surface area contributed by atoms with Gasteiger partial charge in [-0.1, -0.05) is 18.2 Å². The van der Waals surface area contributed by atoms with E-state index >= 15 is 0 Å². The predicted molar refractivity (Wildman–Crippen MR) is 85.5 cm³/mol. The van der Waals surface area contributed by atoms with Crippen LogP contribution < -0.4 is 5.73 Å². The van der Waals surface area contributed by atoms with Crippen LogP contribution in [0.15, 0.2) is 48.5 Å². The summed E-state index contributed by atoms with van der Waals surface area (Å²) >= 11 is 0. The highest BCUT2D eigenvalue weighted by molar-refractivity contribution is 6.07. The molecule has 2 heterocycles. The molecule has 0 saturated carbocycles. The molecule has 4 aromatic rings. The predicted octanol–water partition coefficient (Wildman–Crippen LogP) is 3.60. The van der Waals surface area contributed by atoms with Crippen molar-refractivity contribution in [1.29, 1.82) is 0 Å². The molecule has 2 aromatic carbocycles. The fourth-order valence-electron chi connectivity index (χ4n) is 2.82. The van der Waals surface area contributed by atoms with E-state index in [0.29, 0.717) is 11.3 Å². The Morgan fingerprint density at radius 1 is 1.00 bits per heavy atom. The maximum Gasteiger partial charge on any atom is 0.152 e.